The Kier molecular flexibility index (Phi) is 6.72. The number of aryl methyl sites for hydroxylation is 2. The zero-order valence-corrected chi connectivity index (χ0v) is 20.2. The lowest BCUT2D eigenvalue weighted by Gasteiger charge is -2.35. The lowest BCUT2D eigenvalue weighted by atomic mass is 9.98. The molecule has 0 aliphatic heterocycles. The van der Waals surface area contributed by atoms with Crippen LogP contribution in [0.4, 0.5) is 5.69 Å². The molecular formula is C23H30NO3PS. The van der Waals surface area contributed by atoms with Gasteiger partial charge in [-0.25, -0.2) is 4.79 Å². The van der Waals surface area contributed by atoms with Crippen LogP contribution in [0.3, 0.4) is 0 Å². The van der Waals surface area contributed by atoms with E-state index >= 15 is 0 Å². The maximum Gasteiger partial charge on any atom is 0.348 e. The van der Waals surface area contributed by atoms with Crippen LogP contribution in [-0.4, -0.2) is 23.8 Å². The van der Waals surface area contributed by atoms with Crippen LogP contribution in [-0.2, 0) is 4.57 Å². The molecule has 0 aliphatic rings. The fourth-order valence-corrected chi connectivity index (χ4v) is 6.99. The minimum absolute atomic E-state index is 0.150. The molecule has 1 atom stereocenters. The lowest BCUT2D eigenvalue weighted by Crippen LogP contribution is -2.33. The van der Waals surface area contributed by atoms with E-state index in [9.17, 15) is 14.5 Å². The summed E-state index contributed by atoms with van der Waals surface area (Å²) >= 11 is 1.14. The molecule has 0 aliphatic carbocycles. The van der Waals surface area contributed by atoms with Gasteiger partial charge in [0.1, 0.15) is 4.88 Å². The second-order valence-electron chi connectivity index (χ2n) is 8.74. The number of rotatable bonds is 5. The summed E-state index contributed by atoms with van der Waals surface area (Å²) in [6, 6.07) is 7.47. The van der Waals surface area contributed by atoms with Crippen LogP contribution in [0, 0.1) is 31.1 Å². The van der Waals surface area contributed by atoms with E-state index < -0.39 is 13.3 Å². The Morgan fingerprint density at radius 2 is 1.83 bits per heavy atom. The van der Waals surface area contributed by atoms with Crippen molar-refractivity contribution in [1.82, 2.24) is 0 Å². The van der Waals surface area contributed by atoms with Gasteiger partial charge >= 0.3 is 5.97 Å². The first-order chi connectivity index (χ1) is 13.2. The minimum atomic E-state index is -3.07. The number of thiophene rings is 1. The Morgan fingerprint density at radius 1 is 1.21 bits per heavy atom. The third-order valence-corrected chi connectivity index (χ3v) is 8.34. The number of carbonyl (C=O) groups is 1. The van der Waals surface area contributed by atoms with Crippen molar-refractivity contribution in [1.29, 1.82) is 0 Å². The zero-order valence-electron chi connectivity index (χ0n) is 18.5. The number of hydrogen-bond donors (Lipinski definition) is 1. The van der Waals surface area contributed by atoms with E-state index in [1.54, 1.807) is 17.4 Å². The molecule has 6 heteroatoms. The molecule has 4 nitrogen and oxygen atoms in total. The maximum absolute atomic E-state index is 14.1. The predicted molar refractivity (Wildman–Crippen MR) is 124 cm³/mol. The maximum atomic E-state index is 14.1. The number of nitrogens with zero attached hydrogens (tertiary/aromatic N) is 1. The third-order valence-electron chi connectivity index (χ3n) is 4.41. The van der Waals surface area contributed by atoms with Crippen LogP contribution in [0.15, 0.2) is 24.3 Å². The summed E-state index contributed by atoms with van der Waals surface area (Å²) in [5.41, 5.74) is 2.33. The van der Waals surface area contributed by atoms with Crippen molar-refractivity contribution in [3.63, 3.8) is 0 Å². The van der Waals surface area contributed by atoms with Gasteiger partial charge in [0.2, 0.25) is 0 Å². The molecule has 2 aromatic rings. The second kappa shape index (κ2) is 8.38. The topological polar surface area (TPSA) is 57.6 Å². The van der Waals surface area contributed by atoms with E-state index in [0.717, 1.165) is 27.8 Å². The summed E-state index contributed by atoms with van der Waals surface area (Å²) in [6.45, 7) is 15.6. The van der Waals surface area contributed by atoms with E-state index in [4.69, 9.17) is 0 Å². The summed E-state index contributed by atoms with van der Waals surface area (Å²) in [6.07, 6.45) is 0. The van der Waals surface area contributed by atoms with Gasteiger partial charge in [-0.1, -0.05) is 29.5 Å². The highest BCUT2D eigenvalue weighted by atomic mass is 32.1. The van der Waals surface area contributed by atoms with Crippen LogP contribution < -0.4 is 9.97 Å². The normalized spacial score (nSPS) is 13.6. The average Bonchev–Trinajstić information content (AvgIpc) is 2.95. The Hall–Kier alpha value is -2.02. The van der Waals surface area contributed by atoms with Crippen molar-refractivity contribution < 1.29 is 14.5 Å². The van der Waals surface area contributed by atoms with Crippen LogP contribution in [0.5, 0.6) is 0 Å². The van der Waals surface area contributed by atoms with Gasteiger partial charge in [-0.3, -0.25) is 4.57 Å². The van der Waals surface area contributed by atoms with Crippen molar-refractivity contribution in [3.05, 3.63) is 45.1 Å². The first kappa shape index (κ1) is 23.3. The van der Waals surface area contributed by atoms with Gasteiger partial charge in [0.05, 0.1) is 10.6 Å². The Bertz CT molecular complexity index is 1030. The quantitative estimate of drug-likeness (QED) is 0.472. The van der Waals surface area contributed by atoms with Crippen molar-refractivity contribution in [3.8, 4) is 11.8 Å². The van der Waals surface area contributed by atoms with Crippen LogP contribution in [0.1, 0.15) is 60.3 Å². The smallest absolute Gasteiger partial charge is 0.348 e. The number of hydrogen-bond acceptors (Lipinski definition) is 3. The minimum Gasteiger partial charge on any atom is -0.477 e. The van der Waals surface area contributed by atoms with E-state index in [1.807, 2.05) is 66.7 Å². The molecule has 1 aromatic carbocycles. The summed E-state index contributed by atoms with van der Waals surface area (Å²) in [5.74, 6) is 5.22. The molecule has 0 amide bonds. The van der Waals surface area contributed by atoms with Crippen LogP contribution >= 0.6 is 18.6 Å². The van der Waals surface area contributed by atoms with Crippen LogP contribution in [0.2, 0.25) is 0 Å². The van der Waals surface area contributed by atoms with Crippen molar-refractivity contribution in [2.45, 2.75) is 54.5 Å². The first-order valence-electron chi connectivity index (χ1n) is 9.59. The molecular weight excluding hydrogens is 401 g/mol. The molecule has 1 unspecified atom stereocenters. The lowest BCUT2D eigenvalue weighted by molar-refractivity contribution is 0.0703. The van der Waals surface area contributed by atoms with E-state index in [-0.39, 0.29) is 16.3 Å². The second-order valence-corrected chi connectivity index (χ2v) is 12.5. The third kappa shape index (κ3) is 5.32. The van der Waals surface area contributed by atoms with Gasteiger partial charge in [-0.05, 0) is 66.2 Å². The van der Waals surface area contributed by atoms with Gasteiger partial charge in [0, 0.05) is 23.4 Å². The summed E-state index contributed by atoms with van der Waals surface area (Å²) < 4.78 is 15.9. The fourth-order valence-electron chi connectivity index (χ4n) is 3.33. The number of carboxylic acids is 1. The van der Waals surface area contributed by atoms with Gasteiger partial charge in [-0.2, -0.15) is 0 Å². The standard InChI is InChI=1S/C23H30NO3PS/c1-15(2)24(28(8,27)20-10-9-16(3)13-17(20)4)19-14-18(11-12-23(5,6)7)29-21(19)22(25)26/h9-10,13-15H,1-8H3,(H,25,26). The number of anilines is 1. The predicted octanol–water partition coefficient (Wildman–Crippen LogP) is 5.91. The molecule has 0 spiro atoms. The van der Waals surface area contributed by atoms with E-state index in [1.165, 1.54) is 0 Å². The van der Waals surface area contributed by atoms with Gasteiger partial charge in [0.15, 0.2) is 7.29 Å². The molecule has 2 rings (SSSR count). The fraction of sp³-hybridized carbons (Fsp3) is 0.435. The zero-order chi connectivity index (χ0) is 22.1. The van der Waals surface area contributed by atoms with E-state index in [0.29, 0.717) is 10.6 Å². The number of benzene rings is 1. The molecule has 1 heterocycles. The largest absolute Gasteiger partial charge is 0.477 e. The van der Waals surface area contributed by atoms with Crippen molar-refractivity contribution in [2.75, 3.05) is 11.3 Å². The molecule has 29 heavy (non-hydrogen) atoms. The average molecular weight is 432 g/mol. The monoisotopic (exact) mass is 431 g/mol. The molecule has 0 saturated carbocycles. The molecule has 1 aromatic heterocycles. The molecule has 156 valence electrons. The summed E-state index contributed by atoms with van der Waals surface area (Å²) in [7, 11) is -3.07. The van der Waals surface area contributed by atoms with Gasteiger partial charge in [-0.15, -0.1) is 11.3 Å². The highest BCUT2D eigenvalue weighted by molar-refractivity contribution is 7.72. The highest BCUT2D eigenvalue weighted by Gasteiger charge is 2.35. The number of carboxylic acid groups (broad SMARTS) is 1. The summed E-state index contributed by atoms with van der Waals surface area (Å²) in [5, 5.41) is 10.6. The van der Waals surface area contributed by atoms with Crippen molar-refractivity contribution >= 4 is 35.6 Å². The molecule has 0 fully saturated rings. The Balaban J connectivity index is 2.68. The van der Waals surface area contributed by atoms with Gasteiger partial charge < -0.3 is 9.78 Å². The number of aromatic carboxylic acids is 1. The van der Waals surface area contributed by atoms with Crippen molar-refractivity contribution in [2.24, 2.45) is 5.41 Å². The van der Waals surface area contributed by atoms with E-state index in [2.05, 4.69) is 11.8 Å². The Morgan fingerprint density at radius 3 is 2.31 bits per heavy atom. The SMILES string of the molecule is Cc1ccc(P(C)(=O)N(c2cc(C#CC(C)(C)C)sc2C(=O)O)C(C)C)c(C)c1. The van der Waals surface area contributed by atoms with Crippen LogP contribution in [0.25, 0.3) is 0 Å². The summed E-state index contributed by atoms with van der Waals surface area (Å²) in [4.78, 5) is 12.8. The Labute approximate surface area is 178 Å². The molecule has 0 radical (unpaired) electrons. The molecule has 1 N–H and O–H groups in total. The first-order valence-corrected chi connectivity index (χ1v) is 12.5. The molecule has 0 bridgehead atoms. The molecule has 0 saturated heterocycles. The highest BCUT2D eigenvalue weighted by Crippen LogP contribution is 2.52. The van der Waals surface area contributed by atoms with Gasteiger partial charge in [0.25, 0.3) is 0 Å².